The van der Waals surface area contributed by atoms with Gasteiger partial charge in [-0.2, -0.15) is 0 Å². The summed E-state index contributed by atoms with van der Waals surface area (Å²) in [5, 5.41) is 4.02. The zero-order chi connectivity index (χ0) is 15.1. The molecule has 3 aromatic heterocycles. The molecule has 1 aliphatic carbocycles. The lowest BCUT2D eigenvalue weighted by Gasteiger charge is -2.11. The molecule has 0 spiro atoms. The van der Waals surface area contributed by atoms with Crippen molar-refractivity contribution < 1.29 is 4.42 Å². The van der Waals surface area contributed by atoms with Crippen LogP contribution >= 0.6 is 11.3 Å². The first-order valence-electron chi connectivity index (χ1n) is 7.51. The standard InChI is InChI=1S/C16H17N3O2S/c1-19-15(20)13-11-6-2-3-7-12(11)22-14(13)18-16(19)17-9-10-5-4-8-21-10/h4-5,8H,2-3,6-7,9H2,1H3,(H,17,18). The third-order valence-corrected chi connectivity index (χ3v) is 5.38. The van der Waals surface area contributed by atoms with E-state index in [4.69, 9.17) is 4.42 Å². The van der Waals surface area contributed by atoms with E-state index in [1.165, 1.54) is 23.3 Å². The molecule has 0 aromatic carbocycles. The Morgan fingerprint density at radius 2 is 2.27 bits per heavy atom. The number of aryl methyl sites for hydroxylation is 2. The highest BCUT2D eigenvalue weighted by Crippen LogP contribution is 2.34. The van der Waals surface area contributed by atoms with Crippen LogP contribution in [0.4, 0.5) is 5.95 Å². The smallest absolute Gasteiger partial charge is 0.263 e. The summed E-state index contributed by atoms with van der Waals surface area (Å²) in [5.41, 5.74) is 1.28. The van der Waals surface area contributed by atoms with Crippen LogP contribution in [-0.2, 0) is 26.4 Å². The molecular formula is C16H17N3O2S. The molecular weight excluding hydrogens is 298 g/mol. The van der Waals surface area contributed by atoms with Gasteiger partial charge >= 0.3 is 0 Å². The minimum absolute atomic E-state index is 0.0475. The third-order valence-electron chi connectivity index (χ3n) is 4.20. The Hall–Kier alpha value is -2.08. The normalized spacial score (nSPS) is 14.2. The summed E-state index contributed by atoms with van der Waals surface area (Å²) in [4.78, 5) is 19.6. The third kappa shape index (κ3) is 2.14. The van der Waals surface area contributed by atoms with Crippen LogP contribution in [0.15, 0.2) is 27.6 Å². The molecule has 0 fully saturated rings. The van der Waals surface area contributed by atoms with Crippen LogP contribution in [0.1, 0.15) is 29.0 Å². The van der Waals surface area contributed by atoms with Gasteiger partial charge in [0, 0.05) is 11.9 Å². The van der Waals surface area contributed by atoms with Crippen LogP contribution in [0.25, 0.3) is 10.2 Å². The number of fused-ring (bicyclic) bond motifs is 3. The van der Waals surface area contributed by atoms with Crippen LogP contribution in [0.3, 0.4) is 0 Å². The summed E-state index contributed by atoms with van der Waals surface area (Å²) < 4.78 is 6.91. The molecule has 0 bridgehead atoms. The van der Waals surface area contributed by atoms with E-state index < -0.39 is 0 Å². The van der Waals surface area contributed by atoms with E-state index in [1.54, 1.807) is 29.2 Å². The molecule has 3 heterocycles. The quantitative estimate of drug-likeness (QED) is 0.807. The fourth-order valence-corrected chi connectivity index (χ4v) is 4.28. The zero-order valence-corrected chi connectivity index (χ0v) is 13.2. The van der Waals surface area contributed by atoms with Gasteiger partial charge in [-0.25, -0.2) is 4.98 Å². The average Bonchev–Trinajstić information content (AvgIpc) is 3.16. The highest BCUT2D eigenvalue weighted by molar-refractivity contribution is 7.18. The molecule has 0 amide bonds. The molecule has 0 atom stereocenters. The minimum Gasteiger partial charge on any atom is -0.467 e. The van der Waals surface area contributed by atoms with Crippen molar-refractivity contribution in [2.24, 2.45) is 7.05 Å². The predicted octanol–water partition coefficient (Wildman–Crippen LogP) is 3.08. The topological polar surface area (TPSA) is 60.1 Å². The monoisotopic (exact) mass is 315 g/mol. The number of hydrogen-bond acceptors (Lipinski definition) is 5. The second kappa shape index (κ2) is 5.28. The maximum Gasteiger partial charge on any atom is 0.263 e. The van der Waals surface area contributed by atoms with Crippen LogP contribution in [-0.4, -0.2) is 9.55 Å². The summed E-state index contributed by atoms with van der Waals surface area (Å²) in [6.45, 7) is 0.518. The Balaban J connectivity index is 1.77. The SMILES string of the molecule is Cn1c(NCc2ccco2)nc2sc3c(c2c1=O)CCCC3. The molecule has 0 saturated heterocycles. The molecule has 0 aliphatic heterocycles. The van der Waals surface area contributed by atoms with Crippen molar-refractivity contribution in [3.8, 4) is 0 Å². The van der Waals surface area contributed by atoms with Crippen LogP contribution < -0.4 is 10.9 Å². The Morgan fingerprint density at radius 1 is 1.41 bits per heavy atom. The van der Waals surface area contributed by atoms with Crippen molar-refractivity contribution in [1.82, 2.24) is 9.55 Å². The first-order valence-corrected chi connectivity index (χ1v) is 8.33. The Labute approximate surface area is 131 Å². The molecule has 114 valence electrons. The number of furan rings is 1. The van der Waals surface area contributed by atoms with Crippen LogP contribution in [0, 0.1) is 0 Å². The van der Waals surface area contributed by atoms with Gasteiger partial charge in [-0.3, -0.25) is 9.36 Å². The van der Waals surface area contributed by atoms with Gasteiger partial charge in [0.15, 0.2) is 0 Å². The Bertz CT molecular complexity index is 877. The minimum atomic E-state index is 0.0475. The largest absolute Gasteiger partial charge is 0.467 e. The molecule has 1 aliphatic rings. The number of thiophene rings is 1. The molecule has 0 radical (unpaired) electrons. The molecule has 6 heteroatoms. The number of nitrogens with one attached hydrogen (secondary N) is 1. The number of rotatable bonds is 3. The zero-order valence-electron chi connectivity index (χ0n) is 12.4. The van der Waals surface area contributed by atoms with E-state index >= 15 is 0 Å². The van der Waals surface area contributed by atoms with Crippen molar-refractivity contribution in [3.05, 3.63) is 45.0 Å². The van der Waals surface area contributed by atoms with E-state index in [0.29, 0.717) is 12.5 Å². The van der Waals surface area contributed by atoms with Crippen molar-refractivity contribution >= 4 is 27.5 Å². The number of anilines is 1. The van der Waals surface area contributed by atoms with Crippen molar-refractivity contribution in [2.45, 2.75) is 32.2 Å². The predicted molar refractivity (Wildman–Crippen MR) is 87.5 cm³/mol. The summed E-state index contributed by atoms with van der Waals surface area (Å²) in [7, 11) is 1.77. The van der Waals surface area contributed by atoms with Gasteiger partial charge in [0.05, 0.1) is 18.2 Å². The highest BCUT2D eigenvalue weighted by Gasteiger charge is 2.21. The van der Waals surface area contributed by atoms with Gasteiger partial charge < -0.3 is 9.73 Å². The summed E-state index contributed by atoms with van der Waals surface area (Å²) in [6, 6.07) is 3.74. The maximum atomic E-state index is 12.7. The van der Waals surface area contributed by atoms with E-state index in [1.807, 2.05) is 12.1 Å². The Kier molecular flexibility index (Phi) is 3.26. The van der Waals surface area contributed by atoms with Gasteiger partial charge in [-0.15, -0.1) is 11.3 Å². The molecule has 0 unspecified atom stereocenters. The highest BCUT2D eigenvalue weighted by atomic mass is 32.1. The number of hydrogen-bond donors (Lipinski definition) is 1. The van der Waals surface area contributed by atoms with E-state index in [9.17, 15) is 4.79 Å². The van der Waals surface area contributed by atoms with E-state index in [-0.39, 0.29) is 5.56 Å². The van der Waals surface area contributed by atoms with Gasteiger partial charge in [0.25, 0.3) is 5.56 Å². The molecule has 1 N–H and O–H groups in total. The first kappa shape index (κ1) is 13.6. The second-order valence-corrected chi connectivity index (χ2v) is 6.71. The Morgan fingerprint density at radius 3 is 3.09 bits per heavy atom. The van der Waals surface area contributed by atoms with Crippen molar-refractivity contribution in [1.29, 1.82) is 0 Å². The van der Waals surface area contributed by atoms with Crippen LogP contribution in [0.5, 0.6) is 0 Å². The molecule has 3 aromatic rings. The van der Waals surface area contributed by atoms with E-state index in [2.05, 4.69) is 10.3 Å². The maximum absolute atomic E-state index is 12.7. The van der Waals surface area contributed by atoms with Crippen LogP contribution in [0.2, 0.25) is 0 Å². The van der Waals surface area contributed by atoms with E-state index in [0.717, 1.165) is 28.8 Å². The first-order chi connectivity index (χ1) is 10.7. The fraction of sp³-hybridized carbons (Fsp3) is 0.375. The van der Waals surface area contributed by atoms with Gasteiger partial charge in [0.2, 0.25) is 5.95 Å². The lowest BCUT2D eigenvalue weighted by atomic mass is 9.97. The molecule has 4 rings (SSSR count). The second-order valence-electron chi connectivity index (χ2n) is 5.62. The summed E-state index contributed by atoms with van der Waals surface area (Å²) >= 11 is 1.67. The summed E-state index contributed by atoms with van der Waals surface area (Å²) in [5.74, 6) is 1.41. The number of nitrogens with zero attached hydrogens (tertiary/aromatic N) is 2. The average molecular weight is 315 g/mol. The van der Waals surface area contributed by atoms with Gasteiger partial charge in [0.1, 0.15) is 10.6 Å². The number of aromatic nitrogens is 2. The lowest BCUT2D eigenvalue weighted by Crippen LogP contribution is -2.22. The molecule has 0 saturated carbocycles. The van der Waals surface area contributed by atoms with Gasteiger partial charge in [-0.1, -0.05) is 0 Å². The van der Waals surface area contributed by atoms with Crippen molar-refractivity contribution in [3.63, 3.8) is 0 Å². The summed E-state index contributed by atoms with van der Waals surface area (Å²) in [6.07, 6.45) is 6.10. The molecule has 5 nitrogen and oxygen atoms in total. The lowest BCUT2D eigenvalue weighted by molar-refractivity contribution is 0.517. The molecule has 22 heavy (non-hydrogen) atoms. The van der Waals surface area contributed by atoms with Crippen molar-refractivity contribution in [2.75, 3.05) is 5.32 Å². The fourth-order valence-electron chi connectivity index (χ4n) is 3.02. The van der Waals surface area contributed by atoms with Gasteiger partial charge in [-0.05, 0) is 43.4 Å².